The predicted molar refractivity (Wildman–Crippen MR) is 76.0 cm³/mol. The summed E-state index contributed by atoms with van der Waals surface area (Å²) in [6.07, 6.45) is 6.79. The van der Waals surface area contributed by atoms with Crippen LogP contribution in [0.1, 0.15) is 11.1 Å². The average Bonchev–Trinajstić information content (AvgIpc) is 2.45. The first-order chi connectivity index (χ1) is 8.84. The van der Waals surface area contributed by atoms with E-state index in [0.29, 0.717) is 0 Å². The number of carbonyl (C=O) groups is 1. The van der Waals surface area contributed by atoms with Gasteiger partial charge in [0.15, 0.2) is 5.78 Å². The maximum atomic E-state index is 11.6. The molecule has 0 saturated carbocycles. The van der Waals surface area contributed by atoms with Gasteiger partial charge in [0.05, 0.1) is 0 Å². The molecule has 0 radical (unpaired) electrons. The predicted octanol–water partition coefficient (Wildman–Crippen LogP) is 3.98. The van der Waals surface area contributed by atoms with Gasteiger partial charge in [0.1, 0.15) is 0 Å². The van der Waals surface area contributed by atoms with Gasteiger partial charge in [0.25, 0.3) is 0 Å². The summed E-state index contributed by atoms with van der Waals surface area (Å²) in [4.78, 5) is 11.6. The third kappa shape index (κ3) is 6.94. The number of rotatable bonds is 4. The van der Waals surface area contributed by atoms with E-state index in [1.807, 2.05) is 72.8 Å². The van der Waals surface area contributed by atoms with Crippen molar-refractivity contribution in [2.75, 3.05) is 0 Å². The number of ketones is 1. The maximum Gasteiger partial charge on any atom is 0.178 e. The van der Waals surface area contributed by atoms with E-state index in [-0.39, 0.29) is 47.9 Å². The monoisotopic (exact) mass is 624 g/mol. The van der Waals surface area contributed by atoms with Crippen molar-refractivity contribution < 1.29 is 46.9 Å². The Hall–Kier alpha value is -1.03. The summed E-state index contributed by atoms with van der Waals surface area (Å²) in [6, 6.07) is 19.6. The minimum atomic E-state index is -0.0114. The first-order valence-corrected chi connectivity index (χ1v) is 5.85. The molecule has 0 aliphatic carbocycles. The molecule has 0 aliphatic rings. The Kier molecular flexibility index (Phi) is 10.2. The molecule has 0 spiro atoms. The van der Waals surface area contributed by atoms with Crippen LogP contribution >= 0.6 is 0 Å². The van der Waals surface area contributed by atoms with Gasteiger partial charge in [-0.2, -0.15) is 0 Å². The molecule has 2 rings (SSSR count). The second-order valence-electron chi connectivity index (χ2n) is 3.89. The van der Waals surface area contributed by atoms with Crippen molar-refractivity contribution in [1.82, 2.24) is 0 Å². The van der Waals surface area contributed by atoms with Crippen LogP contribution in [-0.4, -0.2) is 5.78 Å². The molecule has 0 bridgehead atoms. The van der Waals surface area contributed by atoms with Crippen LogP contribution in [0.3, 0.4) is 0 Å². The number of hydrogen-bond acceptors (Lipinski definition) is 1. The van der Waals surface area contributed by atoms with Crippen LogP contribution in [0, 0.1) is 0 Å². The Morgan fingerprint density at radius 1 is 0.650 bits per heavy atom. The van der Waals surface area contributed by atoms with Crippen LogP contribution in [-0.2, 0) is 46.9 Å². The van der Waals surface area contributed by atoms with Crippen LogP contribution in [0.15, 0.2) is 72.8 Å². The zero-order chi connectivity index (χ0) is 12.6. The number of benzene rings is 2. The molecule has 0 aliphatic heterocycles. The number of carbonyl (C=O) groups excluding carboxylic acids is 1. The molecule has 0 atom stereocenters. The summed E-state index contributed by atoms with van der Waals surface area (Å²) < 4.78 is 0. The van der Waals surface area contributed by atoms with Gasteiger partial charge in [-0.1, -0.05) is 72.8 Å². The second kappa shape index (κ2) is 10.7. The average molecular weight is 624 g/mol. The van der Waals surface area contributed by atoms with E-state index in [9.17, 15) is 4.79 Å². The normalized spacial score (nSPS) is 10.0. The molecule has 0 unspecified atom stereocenters. The molecule has 0 aromatic heterocycles. The van der Waals surface area contributed by atoms with Gasteiger partial charge >= 0.3 is 0 Å². The second-order valence-corrected chi connectivity index (χ2v) is 3.89. The van der Waals surface area contributed by atoms with E-state index in [1.165, 1.54) is 0 Å². The first-order valence-electron chi connectivity index (χ1n) is 5.85. The van der Waals surface area contributed by atoms with Gasteiger partial charge in [0, 0.05) is 42.1 Å². The Bertz CT molecular complexity index is 509. The molecule has 0 saturated heterocycles. The molecule has 2 aromatic carbocycles. The van der Waals surface area contributed by atoms with Crippen molar-refractivity contribution >= 4 is 17.9 Å². The van der Waals surface area contributed by atoms with E-state index in [2.05, 4.69) is 0 Å². The number of hydrogen-bond donors (Lipinski definition) is 0. The van der Waals surface area contributed by atoms with Crippen molar-refractivity contribution in [3.63, 3.8) is 0 Å². The van der Waals surface area contributed by atoms with Gasteiger partial charge in [0.2, 0.25) is 0 Å². The summed E-state index contributed by atoms with van der Waals surface area (Å²) in [5.41, 5.74) is 2.05. The van der Waals surface area contributed by atoms with Crippen LogP contribution in [0.5, 0.6) is 0 Å². The molecule has 108 valence electrons. The summed E-state index contributed by atoms with van der Waals surface area (Å²) in [7, 11) is 0. The van der Waals surface area contributed by atoms with Crippen molar-refractivity contribution in [2.24, 2.45) is 0 Å². The molecule has 3 heteroatoms. The largest absolute Gasteiger partial charge is 0.290 e. The zero-order valence-corrected chi connectivity index (χ0v) is 15.2. The fraction of sp³-hybridized carbons (Fsp3) is 0. The summed E-state index contributed by atoms with van der Waals surface area (Å²) >= 11 is 0. The SMILES string of the molecule is O=C(C=Cc1ccccc1)C=Cc1ccccc1.[Pt].[Pt]. The Labute approximate surface area is 148 Å². The summed E-state index contributed by atoms with van der Waals surface area (Å²) in [5, 5.41) is 0. The third-order valence-electron chi connectivity index (χ3n) is 2.48. The van der Waals surface area contributed by atoms with E-state index in [4.69, 9.17) is 0 Å². The van der Waals surface area contributed by atoms with Crippen LogP contribution in [0.4, 0.5) is 0 Å². The Morgan fingerprint density at radius 2 is 1.00 bits per heavy atom. The topological polar surface area (TPSA) is 17.1 Å². The molecule has 2 aromatic rings. The molecular weight excluding hydrogens is 610 g/mol. The van der Waals surface area contributed by atoms with Crippen molar-refractivity contribution in [3.05, 3.63) is 83.9 Å². The quantitative estimate of drug-likeness (QED) is 0.471. The zero-order valence-electron chi connectivity index (χ0n) is 10.6. The maximum absolute atomic E-state index is 11.6. The molecule has 0 amide bonds. The van der Waals surface area contributed by atoms with Crippen LogP contribution < -0.4 is 0 Å². The van der Waals surface area contributed by atoms with E-state index in [0.717, 1.165) is 11.1 Å². The fourth-order valence-electron chi connectivity index (χ4n) is 1.54. The van der Waals surface area contributed by atoms with Gasteiger partial charge in [-0.3, -0.25) is 4.79 Å². The van der Waals surface area contributed by atoms with Gasteiger partial charge in [-0.05, 0) is 23.3 Å². The van der Waals surface area contributed by atoms with E-state index < -0.39 is 0 Å². The summed E-state index contributed by atoms with van der Waals surface area (Å²) in [6.45, 7) is 0. The van der Waals surface area contributed by atoms with Gasteiger partial charge in [-0.15, -0.1) is 0 Å². The Morgan fingerprint density at radius 3 is 1.35 bits per heavy atom. The van der Waals surface area contributed by atoms with Crippen molar-refractivity contribution in [1.29, 1.82) is 0 Å². The summed E-state index contributed by atoms with van der Waals surface area (Å²) in [5.74, 6) is -0.0114. The minimum absolute atomic E-state index is 0. The van der Waals surface area contributed by atoms with Crippen LogP contribution in [0.2, 0.25) is 0 Å². The van der Waals surface area contributed by atoms with Crippen LogP contribution in [0.25, 0.3) is 12.2 Å². The molecule has 1 nitrogen and oxygen atoms in total. The molecule has 0 heterocycles. The molecule has 0 N–H and O–H groups in total. The molecule has 20 heavy (non-hydrogen) atoms. The number of allylic oxidation sites excluding steroid dienone is 2. The first kappa shape index (κ1) is 19.0. The van der Waals surface area contributed by atoms with Crippen molar-refractivity contribution in [3.8, 4) is 0 Å². The Balaban J connectivity index is 0.00000180. The van der Waals surface area contributed by atoms with E-state index in [1.54, 1.807) is 12.2 Å². The smallest absolute Gasteiger partial charge is 0.178 e. The minimum Gasteiger partial charge on any atom is -0.290 e. The van der Waals surface area contributed by atoms with Gasteiger partial charge in [-0.25, -0.2) is 0 Å². The molecule has 0 fully saturated rings. The molecular formula is C17H14OPt2. The van der Waals surface area contributed by atoms with Gasteiger partial charge < -0.3 is 0 Å². The van der Waals surface area contributed by atoms with E-state index >= 15 is 0 Å². The van der Waals surface area contributed by atoms with Crippen molar-refractivity contribution in [2.45, 2.75) is 0 Å². The fourth-order valence-corrected chi connectivity index (χ4v) is 1.54. The standard InChI is InChI=1S/C17H14O.2Pt/c18-17(13-11-15-7-3-1-4-8-15)14-12-16-9-5-2-6-10-16;;/h1-14H;;. The third-order valence-corrected chi connectivity index (χ3v) is 2.48.